The quantitative estimate of drug-likeness (QED) is 0.286. The molecule has 2 aromatic carbocycles. The lowest BCUT2D eigenvalue weighted by Crippen LogP contribution is -2.39. The molecule has 0 fully saturated rings. The van der Waals surface area contributed by atoms with E-state index in [4.69, 9.17) is 5.73 Å². The molecule has 0 unspecified atom stereocenters. The number of nitrogens with zero attached hydrogens (tertiary/aromatic N) is 2. The van der Waals surface area contributed by atoms with E-state index in [0.717, 1.165) is 6.07 Å². The molecule has 1 aromatic heterocycles. The third kappa shape index (κ3) is 1.53. The highest BCUT2D eigenvalue weighted by atomic mass is 19.1. The van der Waals surface area contributed by atoms with Gasteiger partial charge in [0.2, 0.25) is 0 Å². The summed E-state index contributed by atoms with van der Waals surface area (Å²) in [6, 6.07) is 6.82. The summed E-state index contributed by atoms with van der Waals surface area (Å²) in [7, 11) is 0. The summed E-state index contributed by atoms with van der Waals surface area (Å²) < 4.78 is 14.7. The summed E-state index contributed by atoms with van der Waals surface area (Å²) in [5.74, 6) is -0.521. The van der Waals surface area contributed by atoms with Crippen molar-refractivity contribution >= 4 is 27.8 Å². The van der Waals surface area contributed by atoms with Crippen LogP contribution in [0, 0.1) is 23.2 Å². The first-order chi connectivity index (χ1) is 8.99. The zero-order valence-corrected chi connectivity index (χ0v) is 10.1. The molecule has 6 heteroatoms. The van der Waals surface area contributed by atoms with Gasteiger partial charge in [0.1, 0.15) is 5.82 Å². The van der Waals surface area contributed by atoms with Gasteiger partial charge in [-0.25, -0.2) is 4.39 Å². The normalized spacial score (nSPS) is 11.3. The van der Waals surface area contributed by atoms with Crippen LogP contribution in [-0.2, 0) is 0 Å². The number of rotatable bonds is 0. The van der Waals surface area contributed by atoms with Crippen molar-refractivity contribution in [3.63, 3.8) is 0 Å². The molecule has 0 saturated heterocycles. The Morgan fingerprint density at radius 2 is 1.53 bits per heavy atom. The minimum atomic E-state index is -0.521. The molecule has 0 spiro atoms. The highest BCUT2D eigenvalue weighted by Gasteiger charge is 2.22. The Balaban J connectivity index is 2.60. The van der Waals surface area contributed by atoms with E-state index >= 15 is 0 Å². The number of hydrogen-bond acceptors (Lipinski definition) is 3. The number of benzene rings is 2. The number of anilines is 1. The summed E-state index contributed by atoms with van der Waals surface area (Å²) in [5.41, 5.74) is 6.73. The van der Waals surface area contributed by atoms with E-state index in [9.17, 15) is 14.8 Å². The molecule has 1 heterocycles. The third-order valence-electron chi connectivity index (χ3n) is 3.13. The van der Waals surface area contributed by atoms with E-state index in [0.29, 0.717) is 20.7 Å². The van der Waals surface area contributed by atoms with E-state index in [1.165, 1.54) is 31.2 Å². The molecular formula is C13H10FN3O2. The Morgan fingerprint density at radius 1 is 0.947 bits per heavy atom. The fourth-order valence-corrected chi connectivity index (χ4v) is 2.12. The Labute approximate surface area is 107 Å². The van der Waals surface area contributed by atoms with Crippen LogP contribution in [-0.4, -0.2) is 0 Å². The van der Waals surface area contributed by atoms with Gasteiger partial charge in [0.25, 0.3) is 22.1 Å². The molecule has 0 bridgehead atoms. The topological polar surface area (TPSA) is 79.9 Å². The lowest BCUT2D eigenvalue weighted by atomic mass is 10.2. The molecule has 2 N–H and O–H groups in total. The number of hydrogen-bond donors (Lipinski definition) is 1. The van der Waals surface area contributed by atoms with Crippen molar-refractivity contribution in [3.05, 3.63) is 52.1 Å². The molecule has 3 rings (SSSR count). The van der Waals surface area contributed by atoms with Crippen LogP contribution in [0.15, 0.2) is 30.3 Å². The summed E-state index contributed by atoms with van der Waals surface area (Å²) in [5, 5.41) is 24.4. The van der Waals surface area contributed by atoms with Crippen LogP contribution in [0.5, 0.6) is 0 Å². The average molecular weight is 259 g/mol. The number of halogens is 1. The maximum Gasteiger partial charge on any atom is 0.293 e. The maximum atomic E-state index is 13.5. The Hall–Kier alpha value is -2.63. The van der Waals surface area contributed by atoms with E-state index < -0.39 is 5.82 Å². The first-order valence-corrected chi connectivity index (χ1v) is 5.63. The van der Waals surface area contributed by atoms with Gasteiger partial charge in [-0.05, 0) is 18.6 Å². The summed E-state index contributed by atoms with van der Waals surface area (Å²) in [6.45, 7) is 1.54. The van der Waals surface area contributed by atoms with Crippen LogP contribution in [0.4, 0.5) is 10.1 Å². The van der Waals surface area contributed by atoms with Gasteiger partial charge < -0.3 is 16.1 Å². The van der Waals surface area contributed by atoms with E-state index in [2.05, 4.69) is 0 Å². The SMILES string of the molecule is Cc1cc2c(cc1F)[n+]([O-])c1ccc(N)cc1[n+]2[O-]. The standard InChI is InChI=1S/C13H10FN3O2/c1-7-4-11-13(6-9(7)14)16(18)10-3-2-8(15)5-12(10)17(11)19/h2-6H,15H2,1H3. The molecule has 0 aliphatic heterocycles. The second kappa shape index (κ2) is 3.68. The molecular weight excluding hydrogens is 249 g/mol. The van der Waals surface area contributed by atoms with Gasteiger partial charge >= 0.3 is 0 Å². The Bertz CT molecular complexity index is 833. The zero-order chi connectivity index (χ0) is 13.7. The number of aryl methyl sites for hydroxylation is 1. The van der Waals surface area contributed by atoms with E-state index in [1.54, 1.807) is 0 Å². The Morgan fingerprint density at radius 3 is 2.26 bits per heavy atom. The van der Waals surface area contributed by atoms with Crippen LogP contribution < -0.4 is 15.2 Å². The fourth-order valence-electron chi connectivity index (χ4n) is 2.12. The lowest BCUT2D eigenvalue weighted by Gasteiger charge is -2.08. The number of nitrogen functional groups attached to an aromatic ring is 1. The number of aromatic nitrogens is 2. The molecule has 5 nitrogen and oxygen atoms in total. The van der Waals surface area contributed by atoms with Crippen LogP contribution in [0.3, 0.4) is 0 Å². The molecule has 3 aromatic rings. The molecule has 0 radical (unpaired) electrons. The zero-order valence-electron chi connectivity index (χ0n) is 10.1. The van der Waals surface area contributed by atoms with E-state index in [1.807, 2.05) is 0 Å². The summed E-state index contributed by atoms with van der Waals surface area (Å²) in [6.07, 6.45) is 0. The van der Waals surface area contributed by atoms with Gasteiger partial charge in [0.05, 0.1) is 6.07 Å². The molecule has 96 valence electrons. The van der Waals surface area contributed by atoms with Crippen molar-refractivity contribution in [1.29, 1.82) is 0 Å². The first kappa shape index (κ1) is 11.5. The molecule has 0 saturated carbocycles. The molecule has 0 aliphatic rings. The predicted octanol–water partition coefficient (Wildman–Crippen LogP) is 1.29. The van der Waals surface area contributed by atoms with Crippen molar-refractivity contribution in [2.75, 3.05) is 5.73 Å². The number of fused-ring (bicyclic) bond motifs is 2. The van der Waals surface area contributed by atoms with Gasteiger partial charge in [-0.2, -0.15) is 9.46 Å². The van der Waals surface area contributed by atoms with Crippen LogP contribution in [0.25, 0.3) is 22.1 Å². The van der Waals surface area contributed by atoms with Crippen LogP contribution >= 0.6 is 0 Å². The van der Waals surface area contributed by atoms with Crippen LogP contribution in [0.2, 0.25) is 0 Å². The molecule has 19 heavy (non-hydrogen) atoms. The molecule has 0 amide bonds. The van der Waals surface area contributed by atoms with Crippen molar-refractivity contribution in [3.8, 4) is 0 Å². The Kier molecular flexibility index (Phi) is 2.22. The fraction of sp³-hybridized carbons (Fsp3) is 0.0769. The van der Waals surface area contributed by atoms with Crippen molar-refractivity contribution in [2.24, 2.45) is 0 Å². The summed E-state index contributed by atoms with van der Waals surface area (Å²) >= 11 is 0. The third-order valence-corrected chi connectivity index (χ3v) is 3.13. The van der Waals surface area contributed by atoms with Crippen molar-refractivity contribution in [2.45, 2.75) is 6.92 Å². The van der Waals surface area contributed by atoms with Gasteiger partial charge in [-0.3, -0.25) is 0 Å². The highest BCUT2D eigenvalue weighted by molar-refractivity contribution is 5.79. The second-order valence-corrected chi connectivity index (χ2v) is 4.43. The van der Waals surface area contributed by atoms with Crippen LogP contribution in [0.1, 0.15) is 5.56 Å². The van der Waals surface area contributed by atoms with Crippen molar-refractivity contribution < 1.29 is 13.9 Å². The van der Waals surface area contributed by atoms with Crippen molar-refractivity contribution in [1.82, 2.24) is 0 Å². The lowest BCUT2D eigenvalue weighted by molar-refractivity contribution is -0.591. The molecule has 0 atom stereocenters. The van der Waals surface area contributed by atoms with Gasteiger partial charge in [0, 0.05) is 23.9 Å². The smallest absolute Gasteiger partial charge is 0.293 e. The monoisotopic (exact) mass is 259 g/mol. The summed E-state index contributed by atoms with van der Waals surface area (Å²) in [4.78, 5) is 0. The largest absolute Gasteiger partial charge is 0.617 e. The van der Waals surface area contributed by atoms with Gasteiger partial charge in [0.15, 0.2) is 0 Å². The number of nitrogens with two attached hydrogens (primary N) is 1. The van der Waals surface area contributed by atoms with Gasteiger partial charge in [-0.1, -0.05) is 0 Å². The second-order valence-electron chi connectivity index (χ2n) is 4.43. The van der Waals surface area contributed by atoms with E-state index in [-0.39, 0.29) is 22.1 Å². The van der Waals surface area contributed by atoms with Gasteiger partial charge in [-0.15, -0.1) is 0 Å². The maximum absolute atomic E-state index is 13.5. The minimum absolute atomic E-state index is 0.00429. The molecule has 0 aliphatic carbocycles. The first-order valence-electron chi connectivity index (χ1n) is 5.63. The predicted molar refractivity (Wildman–Crippen MR) is 68.5 cm³/mol. The average Bonchev–Trinajstić information content (AvgIpc) is 2.38. The minimum Gasteiger partial charge on any atom is -0.617 e. The highest BCUT2D eigenvalue weighted by Crippen LogP contribution is 2.18.